The summed E-state index contributed by atoms with van der Waals surface area (Å²) in [6.45, 7) is 3.54. The van der Waals surface area contributed by atoms with Crippen molar-refractivity contribution >= 4 is 19.8 Å². The van der Waals surface area contributed by atoms with Gasteiger partial charge in [0.15, 0.2) is 6.10 Å². The van der Waals surface area contributed by atoms with Crippen molar-refractivity contribution in [1.82, 2.24) is 0 Å². The van der Waals surface area contributed by atoms with Crippen LogP contribution in [-0.2, 0) is 32.7 Å². The zero-order valence-corrected chi connectivity index (χ0v) is 31.1. The lowest BCUT2D eigenvalue weighted by Crippen LogP contribution is -2.29. The Morgan fingerprint density at radius 1 is 0.646 bits per heavy atom. The topological polar surface area (TPSA) is 134 Å². The van der Waals surface area contributed by atoms with Gasteiger partial charge in [-0.2, -0.15) is 0 Å². The van der Waals surface area contributed by atoms with Gasteiger partial charge in [0.1, 0.15) is 6.61 Å². The lowest BCUT2D eigenvalue weighted by Gasteiger charge is -2.19. The van der Waals surface area contributed by atoms with Crippen LogP contribution in [0.15, 0.2) is 48.6 Å². The molecule has 0 saturated heterocycles. The Hall–Kier alpha value is -2.03. The molecule has 0 heterocycles. The molecule has 0 radical (unpaired) electrons. The Kier molecular flexibility index (Phi) is 33.3. The van der Waals surface area contributed by atoms with Gasteiger partial charge < -0.3 is 20.1 Å². The number of rotatable bonds is 34. The van der Waals surface area contributed by atoms with Gasteiger partial charge in [-0.25, -0.2) is 4.57 Å². The van der Waals surface area contributed by atoms with E-state index in [1.165, 1.54) is 25.7 Å². The second-order valence-electron chi connectivity index (χ2n) is 12.1. The summed E-state index contributed by atoms with van der Waals surface area (Å²) in [6, 6.07) is 0. The predicted octanol–water partition coefficient (Wildman–Crippen LogP) is 9.99. The van der Waals surface area contributed by atoms with Crippen molar-refractivity contribution in [3.8, 4) is 0 Å². The van der Waals surface area contributed by atoms with Crippen LogP contribution < -0.4 is 5.73 Å². The molecule has 0 aliphatic rings. The summed E-state index contributed by atoms with van der Waals surface area (Å²) in [6.07, 6.45) is 37.1. The van der Waals surface area contributed by atoms with Crippen molar-refractivity contribution in [3.63, 3.8) is 0 Å². The number of hydrogen-bond donors (Lipinski definition) is 2. The monoisotopic (exact) mass is 697 g/mol. The average Bonchev–Trinajstić information content (AvgIpc) is 3.07. The van der Waals surface area contributed by atoms with Gasteiger partial charge in [-0.3, -0.25) is 18.6 Å². The minimum absolute atomic E-state index is 0.0475. The fraction of sp³-hybridized carbons (Fsp3) is 0.737. The Bertz CT molecular complexity index is 934. The largest absolute Gasteiger partial charge is 0.472 e. The zero-order valence-electron chi connectivity index (χ0n) is 30.2. The van der Waals surface area contributed by atoms with Crippen LogP contribution in [0.4, 0.5) is 0 Å². The molecule has 10 heteroatoms. The molecule has 0 aliphatic carbocycles. The lowest BCUT2D eigenvalue weighted by atomic mass is 10.1. The molecule has 0 amide bonds. The molecule has 0 aromatic heterocycles. The number of hydrogen-bond acceptors (Lipinski definition) is 8. The van der Waals surface area contributed by atoms with Gasteiger partial charge >= 0.3 is 19.8 Å². The molecular formula is C38H68NO8P. The van der Waals surface area contributed by atoms with Gasteiger partial charge in [0, 0.05) is 19.4 Å². The smallest absolute Gasteiger partial charge is 0.462 e. The zero-order chi connectivity index (χ0) is 35.4. The van der Waals surface area contributed by atoms with Gasteiger partial charge in [0.25, 0.3) is 0 Å². The molecule has 9 nitrogen and oxygen atoms in total. The van der Waals surface area contributed by atoms with Crippen molar-refractivity contribution in [2.45, 2.75) is 155 Å². The van der Waals surface area contributed by atoms with Crippen LogP contribution in [-0.4, -0.2) is 49.3 Å². The van der Waals surface area contributed by atoms with Gasteiger partial charge in [0.2, 0.25) is 0 Å². The van der Waals surface area contributed by atoms with Crippen LogP contribution in [0.2, 0.25) is 0 Å². The van der Waals surface area contributed by atoms with Crippen LogP contribution in [0.3, 0.4) is 0 Å². The maximum absolute atomic E-state index is 12.5. The van der Waals surface area contributed by atoms with Crippen LogP contribution in [0.25, 0.3) is 0 Å². The Morgan fingerprint density at radius 3 is 1.73 bits per heavy atom. The number of carbonyl (C=O) groups is 2. The molecule has 48 heavy (non-hydrogen) atoms. The summed E-state index contributed by atoms with van der Waals surface area (Å²) in [5.74, 6) is -0.865. The number of esters is 2. The summed E-state index contributed by atoms with van der Waals surface area (Å²) in [4.78, 5) is 34.7. The second kappa shape index (κ2) is 34.8. The highest BCUT2D eigenvalue weighted by molar-refractivity contribution is 7.47. The maximum Gasteiger partial charge on any atom is 0.472 e. The fourth-order valence-corrected chi connectivity index (χ4v) is 5.47. The summed E-state index contributed by atoms with van der Waals surface area (Å²) >= 11 is 0. The second-order valence-corrected chi connectivity index (χ2v) is 13.5. The number of nitrogens with two attached hydrogens (primary N) is 1. The van der Waals surface area contributed by atoms with E-state index in [-0.39, 0.29) is 32.6 Å². The van der Waals surface area contributed by atoms with Crippen LogP contribution in [0, 0.1) is 0 Å². The number of ether oxygens (including phenoxy) is 2. The highest BCUT2D eigenvalue weighted by atomic mass is 31.2. The SMILES string of the molecule is CC/C=C\C/C=C\C/C=C\CCCCCCCC(=O)OC(COC(=O)CCCCCCC/C=C\CCCCC)COP(=O)(O)OCCN. The molecule has 0 aliphatic heterocycles. The van der Waals surface area contributed by atoms with Crippen LogP contribution >= 0.6 is 7.82 Å². The number of phosphoric ester groups is 1. The van der Waals surface area contributed by atoms with Gasteiger partial charge in [-0.05, 0) is 70.6 Å². The minimum Gasteiger partial charge on any atom is -0.462 e. The van der Waals surface area contributed by atoms with Crippen molar-refractivity contribution < 1.29 is 37.6 Å². The molecular weight excluding hydrogens is 629 g/mol. The summed E-state index contributed by atoms with van der Waals surface area (Å²) in [5, 5.41) is 0. The van der Waals surface area contributed by atoms with E-state index in [0.717, 1.165) is 89.9 Å². The van der Waals surface area contributed by atoms with Crippen molar-refractivity contribution in [2.75, 3.05) is 26.4 Å². The first-order chi connectivity index (χ1) is 23.3. The molecule has 0 aromatic rings. The number of unbranched alkanes of at least 4 members (excludes halogenated alkanes) is 13. The van der Waals surface area contributed by atoms with E-state index in [9.17, 15) is 19.0 Å². The molecule has 0 spiro atoms. The van der Waals surface area contributed by atoms with Gasteiger partial charge in [-0.15, -0.1) is 0 Å². The molecule has 3 N–H and O–H groups in total. The maximum atomic E-state index is 12.5. The lowest BCUT2D eigenvalue weighted by molar-refractivity contribution is -0.161. The van der Waals surface area contributed by atoms with Crippen molar-refractivity contribution in [3.05, 3.63) is 48.6 Å². The first-order valence-electron chi connectivity index (χ1n) is 18.6. The van der Waals surface area contributed by atoms with E-state index >= 15 is 0 Å². The number of allylic oxidation sites excluding steroid dienone is 8. The van der Waals surface area contributed by atoms with E-state index in [0.29, 0.717) is 6.42 Å². The van der Waals surface area contributed by atoms with E-state index in [1.807, 2.05) is 0 Å². The Balaban J connectivity index is 4.29. The number of carbonyl (C=O) groups excluding carboxylic acids is 2. The number of phosphoric acid groups is 1. The van der Waals surface area contributed by atoms with E-state index < -0.39 is 32.5 Å². The molecule has 0 aromatic carbocycles. The van der Waals surface area contributed by atoms with E-state index in [4.69, 9.17) is 24.3 Å². The molecule has 0 fully saturated rings. The van der Waals surface area contributed by atoms with Crippen LogP contribution in [0.5, 0.6) is 0 Å². The minimum atomic E-state index is -4.38. The third-order valence-corrected chi connectivity index (χ3v) is 8.43. The van der Waals surface area contributed by atoms with Crippen LogP contribution in [0.1, 0.15) is 149 Å². The first-order valence-corrected chi connectivity index (χ1v) is 20.1. The standard InChI is InChI=1S/C38H68NO8P/c1-3-5-7-9-11-13-15-17-18-19-21-23-25-27-29-31-38(41)47-36(35-46-48(42,43)45-33-32-39)34-44-37(40)30-28-26-24-22-20-16-14-12-10-8-6-4-2/h5,7,11-14,17-18,36H,3-4,6,8-10,15-16,19-35,39H2,1-2H3,(H,42,43)/b7-5-,13-11-,14-12-,18-17-. The van der Waals surface area contributed by atoms with E-state index in [1.54, 1.807) is 0 Å². The molecule has 0 saturated carbocycles. The third kappa shape index (κ3) is 33.9. The van der Waals surface area contributed by atoms with Gasteiger partial charge in [-0.1, -0.05) is 114 Å². The normalized spacial score (nSPS) is 14.0. The third-order valence-electron chi connectivity index (χ3n) is 7.45. The molecule has 278 valence electrons. The predicted molar refractivity (Wildman–Crippen MR) is 196 cm³/mol. The fourth-order valence-electron chi connectivity index (χ4n) is 4.70. The molecule has 0 rings (SSSR count). The summed E-state index contributed by atoms with van der Waals surface area (Å²) < 4.78 is 32.6. The summed E-state index contributed by atoms with van der Waals surface area (Å²) in [7, 11) is -4.38. The van der Waals surface area contributed by atoms with Crippen molar-refractivity contribution in [2.24, 2.45) is 5.73 Å². The Labute approximate surface area is 292 Å². The molecule has 2 unspecified atom stereocenters. The highest BCUT2D eigenvalue weighted by Gasteiger charge is 2.25. The quantitative estimate of drug-likeness (QED) is 0.0291. The summed E-state index contributed by atoms with van der Waals surface area (Å²) in [5.41, 5.74) is 5.32. The Morgan fingerprint density at radius 2 is 1.15 bits per heavy atom. The van der Waals surface area contributed by atoms with E-state index in [2.05, 4.69) is 62.5 Å². The van der Waals surface area contributed by atoms with Crippen molar-refractivity contribution in [1.29, 1.82) is 0 Å². The van der Waals surface area contributed by atoms with Gasteiger partial charge in [0.05, 0.1) is 13.2 Å². The molecule has 2 atom stereocenters. The average molecular weight is 698 g/mol. The highest BCUT2D eigenvalue weighted by Crippen LogP contribution is 2.43. The first kappa shape index (κ1) is 46.0. The molecule has 0 bridgehead atoms.